The average Bonchev–Trinajstić information content (AvgIpc) is 2.46. The van der Waals surface area contributed by atoms with E-state index in [1.165, 1.54) is 16.7 Å². The Balaban J connectivity index is 1.95. The molecular formula is C17H16BrNO. The number of halogens is 1. The first kappa shape index (κ1) is 13.4. The van der Waals surface area contributed by atoms with E-state index in [0.717, 1.165) is 22.4 Å². The van der Waals surface area contributed by atoms with Gasteiger partial charge in [0.05, 0.1) is 13.2 Å². The molecule has 0 amide bonds. The Hall–Kier alpha value is -1.61. The van der Waals surface area contributed by atoms with Crippen LogP contribution in [0.1, 0.15) is 29.7 Å². The Labute approximate surface area is 127 Å². The number of ether oxygens (including phenoxy) is 1. The van der Waals surface area contributed by atoms with E-state index in [1.54, 1.807) is 7.11 Å². The van der Waals surface area contributed by atoms with Gasteiger partial charge in [0.1, 0.15) is 5.75 Å². The lowest BCUT2D eigenvalue weighted by atomic mass is 9.91. The molecule has 0 saturated carbocycles. The zero-order valence-corrected chi connectivity index (χ0v) is 13.1. The molecule has 1 atom stereocenters. The molecule has 1 aliphatic rings. The van der Waals surface area contributed by atoms with Crippen LogP contribution in [0.15, 0.2) is 51.9 Å². The minimum absolute atomic E-state index is 0.197. The molecule has 0 aliphatic carbocycles. The molecule has 0 N–H and O–H groups in total. The summed E-state index contributed by atoms with van der Waals surface area (Å²) in [5.74, 6) is 0.883. The zero-order chi connectivity index (χ0) is 14.1. The summed E-state index contributed by atoms with van der Waals surface area (Å²) in [5, 5.41) is 0. The van der Waals surface area contributed by atoms with Gasteiger partial charge >= 0.3 is 0 Å². The van der Waals surface area contributed by atoms with Gasteiger partial charge in [-0.2, -0.15) is 0 Å². The fourth-order valence-electron chi connectivity index (χ4n) is 2.66. The minimum Gasteiger partial charge on any atom is -0.497 e. The van der Waals surface area contributed by atoms with Gasteiger partial charge in [0.25, 0.3) is 0 Å². The summed E-state index contributed by atoms with van der Waals surface area (Å²) in [6.07, 6.45) is 0.943. The van der Waals surface area contributed by atoms with Gasteiger partial charge in [0.15, 0.2) is 0 Å². The van der Waals surface area contributed by atoms with E-state index in [9.17, 15) is 0 Å². The molecule has 0 aromatic heterocycles. The first-order valence-corrected chi connectivity index (χ1v) is 7.44. The van der Waals surface area contributed by atoms with Gasteiger partial charge in [-0.3, -0.25) is 4.99 Å². The van der Waals surface area contributed by atoms with Crippen molar-refractivity contribution in [2.24, 2.45) is 4.99 Å². The summed E-state index contributed by atoms with van der Waals surface area (Å²) in [6, 6.07) is 14.8. The molecule has 0 radical (unpaired) electrons. The van der Waals surface area contributed by atoms with Crippen molar-refractivity contribution >= 4 is 21.6 Å². The molecule has 0 unspecified atom stereocenters. The predicted octanol–water partition coefficient (Wildman–Crippen LogP) is 4.56. The molecule has 0 saturated heterocycles. The van der Waals surface area contributed by atoms with Crippen LogP contribution in [0.5, 0.6) is 5.75 Å². The Morgan fingerprint density at radius 2 is 1.90 bits per heavy atom. The minimum atomic E-state index is 0.197. The van der Waals surface area contributed by atoms with Gasteiger partial charge in [-0.05, 0) is 54.3 Å². The van der Waals surface area contributed by atoms with Crippen molar-refractivity contribution in [3.8, 4) is 5.75 Å². The van der Waals surface area contributed by atoms with Crippen LogP contribution in [0.25, 0.3) is 0 Å². The van der Waals surface area contributed by atoms with Crippen LogP contribution in [-0.4, -0.2) is 12.8 Å². The number of hydrogen-bond acceptors (Lipinski definition) is 2. The SMILES string of the molecule is COc1ccc([C@H]2Cc3cc(Br)ccc3C(C)=N2)cc1. The average molecular weight is 330 g/mol. The van der Waals surface area contributed by atoms with E-state index in [0.29, 0.717) is 0 Å². The molecule has 3 rings (SSSR count). The largest absolute Gasteiger partial charge is 0.497 e. The Morgan fingerprint density at radius 1 is 1.15 bits per heavy atom. The predicted molar refractivity (Wildman–Crippen MR) is 85.8 cm³/mol. The maximum Gasteiger partial charge on any atom is 0.118 e. The van der Waals surface area contributed by atoms with Crippen molar-refractivity contribution < 1.29 is 4.74 Å². The second-order valence-electron chi connectivity index (χ2n) is 5.01. The number of nitrogens with zero attached hydrogens (tertiary/aromatic N) is 1. The standard InChI is InChI=1S/C17H16BrNO/c1-11-16-8-5-14(18)9-13(16)10-17(19-11)12-3-6-15(20-2)7-4-12/h3-9,17H,10H2,1-2H3/t17-/m1/s1. The first-order valence-electron chi connectivity index (χ1n) is 6.64. The summed E-state index contributed by atoms with van der Waals surface area (Å²) in [4.78, 5) is 4.84. The van der Waals surface area contributed by atoms with Crippen molar-refractivity contribution in [3.05, 3.63) is 63.6 Å². The van der Waals surface area contributed by atoms with E-state index in [2.05, 4.69) is 53.2 Å². The second kappa shape index (κ2) is 5.41. The Bertz CT molecular complexity index is 661. The van der Waals surface area contributed by atoms with E-state index in [1.807, 2.05) is 12.1 Å². The first-order chi connectivity index (χ1) is 9.67. The second-order valence-corrected chi connectivity index (χ2v) is 5.92. The van der Waals surface area contributed by atoms with Crippen molar-refractivity contribution in [1.82, 2.24) is 0 Å². The maximum atomic E-state index is 5.21. The third-order valence-corrected chi connectivity index (χ3v) is 4.21. The Kier molecular flexibility index (Phi) is 3.62. The van der Waals surface area contributed by atoms with E-state index in [4.69, 9.17) is 9.73 Å². The van der Waals surface area contributed by atoms with Crippen LogP contribution >= 0.6 is 15.9 Å². The summed E-state index contributed by atoms with van der Waals surface area (Å²) in [6.45, 7) is 2.09. The molecule has 102 valence electrons. The van der Waals surface area contributed by atoms with E-state index in [-0.39, 0.29) is 6.04 Å². The van der Waals surface area contributed by atoms with Crippen molar-refractivity contribution in [2.75, 3.05) is 7.11 Å². The quantitative estimate of drug-likeness (QED) is 0.791. The molecule has 3 heteroatoms. The number of benzene rings is 2. The van der Waals surface area contributed by atoms with E-state index >= 15 is 0 Å². The molecular weight excluding hydrogens is 314 g/mol. The molecule has 20 heavy (non-hydrogen) atoms. The summed E-state index contributed by atoms with van der Waals surface area (Å²) in [5.41, 5.74) is 4.96. The number of hydrogen-bond donors (Lipinski definition) is 0. The highest BCUT2D eigenvalue weighted by atomic mass is 79.9. The molecule has 1 aliphatic heterocycles. The maximum absolute atomic E-state index is 5.21. The highest BCUT2D eigenvalue weighted by Gasteiger charge is 2.20. The van der Waals surface area contributed by atoms with Crippen LogP contribution in [0, 0.1) is 0 Å². The van der Waals surface area contributed by atoms with Crippen LogP contribution in [0.3, 0.4) is 0 Å². The van der Waals surface area contributed by atoms with Crippen molar-refractivity contribution in [1.29, 1.82) is 0 Å². The van der Waals surface area contributed by atoms with Crippen LogP contribution in [0.4, 0.5) is 0 Å². The molecule has 0 bridgehead atoms. The number of rotatable bonds is 2. The topological polar surface area (TPSA) is 21.6 Å². The molecule has 1 heterocycles. The lowest BCUT2D eigenvalue weighted by Crippen LogP contribution is -2.14. The molecule has 2 nitrogen and oxygen atoms in total. The third-order valence-electron chi connectivity index (χ3n) is 3.72. The smallest absolute Gasteiger partial charge is 0.118 e. The molecule has 0 spiro atoms. The van der Waals surface area contributed by atoms with Gasteiger partial charge in [0.2, 0.25) is 0 Å². The summed E-state index contributed by atoms with van der Waals surface area (Å²) >= 11 is 3.55. The molecule has 2 aromatic carbocycles. The third kappa shape index (κ3) is 2.50. The lowest BCUT2D eigenvalue weighted by Gasteiger charge is -2.22. The van der Waals surface area contributed by atoms with Gasteiger partial charge in [-0.15, -0.1) is 0 Å². The molecule has 0 fully saturated rings. The lowest BCUT2D eigenvalue weighted by molar-refractivity contribution is 0.414. The van der Waals surface area contributed by atoms with Gasteiger partial charge in [-0.1, -0.05) is 34.1 Å². The van der Waals surface area contributed by atoms with Gasteiger partial charge in [-0.25, -0.2) is 0 Å². The van der Waals surface area contributed by atoms with Crippen LogP contribution in [-0.2, 0) is 6.42 Å². The van der Waals surface area contributed by atoms with Crippen LogP contribution in [0.2, 0.25) is 0 Å². The molecule has 2 aromatic rings. The van der Waals surface area contributed by atoms with Gasteiger partial charge < -0.3 is 4.74 Å². The van der Waals surface area contributed by atoms with Crippen LogP contribution < -0.4 is 4.74 Å². The highest BCUT2D eigenvalue weighted by Crippen LogP contribution is 2.32. The fourth-order valence-corrected chi connectivity index (χ4v) is 3.07. The number of methoxy groups -OCH3 is 1. The summed E-state index contributed by atoms with van der Waals surface area (Å²) < 4.78 is 6.33. The monoisotopic (exact) mass is 329 g/mol. The zero-order valence-electron chi connectivity index (χ0n) is 11.6. The number of fused-ring (bicyclic) bond motifs is 1. The van der Waals surface area contributed by atoms with E-state index < -0.39 is 0 Å². The van der Waals surface area contributed by atoms with Crippen molar-refractivity contribution in [3.63, 3.8) is 0 Å². The number of aliphatic imine (C=N–C) groups is 1. The fraction of sp³-hybridized carbons (Fsp3) is 0.235. The highest BCUT2D eigenvalue weighted by molar-refractivity contribution is 9.10. The normalized spacial score (nSPS) is 17.4. The summed E-state index contributed by atoms with van der Waals surface area (Å²) in [7, 11) is 1.69. The Morgan fingerprint density at radius 3 is 2.60 bits per heavy atom. The van der Waals surface area contributed by atoms with Crippen molar-refractivity contribution in [2.45, 2.75) is 19.4 Å². The van der Waals surface area contributed by atoms with Gasteiger partial charge in [0, 0.05) is 10.2 Å².